The fourth-order valence-electron chi connectivity index (χ4n) is 2.74. The van der Waals surface area contributed by atoms with E-state index >= 15 is 0 Å². The number of carbonyl (C=O) groups excluding carboxylic acids is 1. The van der Waals surface area contributed by atoms with Gasteiger partial charge in [0.2, 0.25) is 9.97 Å². The normalized spacial score (nSPS) is 15.0. The lowest BCUT2D eigenvalue weighted by Crippen LogP contribution is -2.29. The summed E-state index contributed by atoms with van der Waals surface area (Å²) in [6.45, 7) is 2.22. The summed E-state index contributed by atoms with van der Waals surface area (Å²) in [4.78, 5) is 15.2. The highest BCUT2D eigenvalue weighted by atomic mass is 32.1. The third-order valence-corrected chi connectivity index (χ3v) is 4.84. The minimum atomic E-state index is -0.230. The van der Waals surface area contributed by atoms with Crippen molar-refractivity contribution < 1.29 is 4.79 Å². The van der Waals surface area contributed by atoms with Crippen molar-refractivity contribution >= 4 is 33.6 Å². The Morgan fingerprint density at radius 1 is 1.13 bits per heavy atom. The average molecular weight is 328 g/mol. The standard InChI is InChI=1S/C15H16N6OS/c22-13(14-19-21-10-16-18-15(21)23-14)17-11-4-6-12(7-5-11)20-8-2-1-3-9-20/h4-7,10H,1-3,8-9H2,(H,17,22). The fraction of sp³-hybridized carbons (Fsp3) is 0.333. The zero-order chi connectivity index (χ0) is 15.6. The van der Waals surface area contributed by atoms with Crippen molar-refractivity contribution in [1.29, 1.82) is 0 Å². The Kier molecular flexibility index (Phi) is 3.66. The fourth-order valence-corrected chi connectivity index (χ4v) is 3.46. The molecule has 0 spiro atoms. The van der Waals surface area contributed by atoms with E-state index < -0.39 is 0 Å². The van der Waals surface area contributed by atoms with Gasteiger partial charge in [-0.25, -0.2) is 0 Å². The number of carbonyl (C=O) groups is 1. The minimum Gasteiger partial charge on any atom is -0.372 e. The molecule has 7 nitrogen and oxygen atoms in total. The SMILES string of the molecule is O=C(Nc1ccc(N2CCCCC2)cc1)c1nn2cnnc2s1. The van der Waals surface area contributed by atoms with Gasteiger partial charge < -0.3 is 10.2 Å². The maximum atomic E-state index is 12.2. The number of rotatable bonds is 3. The van der Waals surface area contributed by atoms with Crippen molar-refractivity contribution in [2.24, 2.45) is 0 Å². The van der Waals surface area contributed by atoms with Crippen LogP contribution in [0.15, 0.2) is 30.6 Å². The molecule has 1 N–H and O–H groups in total. The summed E-state index contributed by atoms with van der Waals surface area (Å²) in [7, 11) is 0. The van der Waals surface area contributed by atoms with Gasteiger partial charge in [0, 0.05) is 24.5 Å². The molecule has 0 radical (unpaired) electrons. The van der Waals surface area contributed by atoms with E-state index in [1.165, 1.54) is 47.1 Å². The van der Waals surface area contributed by atoms with E-state index in [2.05, 4.69) is 37.6 Å². The third-order valence-electron chi connectivity index (χ3n) is 3.93. The van der Waals surface area contributed by atoms with Crippen LogP contribution in [0.5, 0.6) is 0 Å². The molecule has 23 heavy (non-hydrogen) atoms. The summed E-state index contributed by atoms with van der Waals surface area (Å²) in [5.41, 5.74) is 1.98. The summed E-state index contributed by atoms with van der Waals surface area (Å²) in [6.07, 6.45) is 5.30. The topological polar surface area (TPSA) is 75.4 Å². The van der Waals surface area contributed by atoms with Crippen LogP contribution in [0.1, 0.15) is 29.1 Å². The molecular formula is C15H16N6OS. The first-order chi connectivity index (χ1) is 11.3. The average Bonchev–Trinajstić information content (AvgIpc) is 3.18. The van der Waals surface area contributed by atoms with E-state index in [1.54, 1.807) is 0 Å². The number of piperidine rings is 1. The Balaban J connectivity index is 1.45. The number of fused-ring (bicyclic) bond motifs is 1. The molecule has 1 aromatic carbocycles. The van der Waals surface area contributed by atoms with Gasteiger partial charge in [0.1, 0.15) is 6.33 Å². The van der Waals surface area contributed by atoms with Gasteiger partial charge in [-0.15, -0.1) is 15.3 Å². The van der Waals surface area contributed by atoms with Crippen LogP contribution in [0.2, 0.25) is 0 Å². The molecule has 8 heteroatoms. The lowest BCUT2D eigenvalue weighted by molar-refractivity contribution is 0.102. The van der Waals surface area contributed by atoms with Crippen LogP contribution in [-0.2, 0) is 0 Å². The van der Waals surface area contributed by atoms with Crippen molar-refractivity contribution in [1.82, 2.24) is 19.8 Å². The number of hydrogen-bond donors (Lipinski definition) is 1. The van der Waals surface area contributed by atoms with Crippen LogP contribution < -0.4 is 10.2 Å². The van der Waals surface area contributed by atoms with E-state index in [1.807, 2.05) is 12.1 Å². The maximum Gasteiger partial charge on any atom is 0.286 e. The van der Waals surface area contributed by atoms with E-state index in [-0.39, 0.29) is 5.91 Å². The van der Waals surface area contributed by atoms with Gasteiger partial charge in [-0.2, -0.15) is 4.52 Å². The molecule has 3 heterocycles. The molecule has 1 fully saturated rings. The number of anilines is 2. The second kappa shape index (κ2) is 5.96. The van der Waals surface area contributed by atoms with Crippen molar-refractivity contribution in [3.8, 4) is 0 Å². The van der Waals surface area contributed by atoms with Crippen LogP contribution in [-0.4, -0.2) is 38.8 Å². The predicted octanol–water partition coefficient (Wildman–Crippen LogP) is 2.43. The number of amides is 1. The van der Waals surface area contributed by atoms with Gasteiger partial charge in [-0.05, 0) is 43.5 Å². The molecule has 4 rings (SSSR count). The summed E-state index contributed by atoms with van der Waals surface area (Å²) in [5, 5.41) is 15.0. The lowest BCUT2D eigenvalue weighted by atomic mass is 10.1. The van der Waals surface area contributed by atoms with E-state index in [0.717, 1.165) is 18.8 Å². The second-order valence-electron chi connectivity index (χ2n) is 5.51. The number of hydrogen-bond acceptors (Lipinski definition) is 6. The minimum absolute atomic E-state index is 0.230. The Morgan fingerprint density at radius 2 is 1.91 bits per heavy atom. The zero-order valence-corrected chi connectivity index (χ0v) is 13.3. The zero-order valence-electron chi connectivity index (χ0n) is 12.5. The first-order valence-electron chi connectivity index (χ1n) is 7.63. The van der Waals surface area contributed by atoms with E-state index in [4.69, 9.17) is 0 Å². The molecule has 0 bridgehead atoms. The number of nitrogens with zero attached hydrogens (tertiary/aromatic N) is 5. The number of nitrogens with one attached hydrogen (secondary N) is 1. The van der Waals surface area contributed by atoms with Crippen LogP contribution in [0.25, 0.3) is 4.96 Å². The molecule has 1 aliphatic heterocycles. The largest absolute Gasteiger partial charge is 0.372 e. The molecular weight excluding hydrogens is 312 g/mol. The molecule has 0 unspecified atom stereocenters. The first-order valence-corrected chi connectivity index (χ1v) is 8.44. The van der Waals surface area contributed by atoms with Gasteiger partial charge in [0.15, 0.2) is 0 Å². The van der Waals surface area contributed by atoms with Crippen LogP contribution in [0.3, 0.4) is 0 Å². The van der Waals surface area contributed by atoms with Gasteiger partial charge in [0.25, 0.3) is 5.91 Å². The third kappa shape index (κ3) is 2.89. The Hall–Kier alpha value is -2.48. The molecule has 2 aromatic heterocycles. The molecule has 1 amide bonds. The molecule has 1 aliphatic rings. The maximum absolute atomic E-state index is 12.2. The molecule has 118 valence electrons. The number of benzene rings is 1. The monoisotopic (exact) mass is 328 g/mol. The summed E-state index contributed by atoms with van der Waals surface area (Å²) < 4.78 is 1.50. The highest BCUT2D eigenvalue weighted by Crippen LogP contribution is 2.22. The van der Waals surface area contributed by atoms with Crippen LogP contribution in [0, 0.1) is 0 Å². The molecule has 0 atom stereocenters. The smallest absolute Gasteiger partial charge is 0.286 e. The summed E-state index contributed by atoms with van der Waals surface area (Å²) >= 11 is 1.22. The van der Waals surface area contributed by atoms with Gasteiger partial charge in [-0.3, -0.25) is 4.79 Å². The highest BCUT2D eigenvalue weighted by molar-refractivity contribution is 7.18. The molecule has 1 saturated heterocycles. The Morgan fingerprint density at radius 3 is 2.65 bits per heavy atom. The quantitative estimate of drug-likeness (QED) is 0.799. The van der Waals surface area contributed by atoms with Crippen molar-refractivity contribution in [3.63, 3.8) is 0 Å². The van der Waals surface area contributed by atoms with Crippen molar-refractivity contribution in [3.05, 3.63) is 35.6 Å². The highest BCUT2D eigenvalue weighted by Gasteiger charge is 2.14. The van der Waals surface area contributed by atoms with E-state index in [0.29, 0.717) is 9.97 Å². The molecule has 3 aromatic rings. The van der Waals surface area contributed by atoms with Gasteiger partial charge in [0.05, 0.1) is 0 Å². The van der Waals surface area contributed by atoms with Crippen molar-refractivity contribution in [2.45, 2.75) is 19.3 Å². The van der Waals surface area contributed by atoms with Crippen LogP contribution >= 0.6 is 11.3 Å². The Bertz CT molecular complexity index is 789. The first kappa shape index (κ1) is 14.1. The van der Waals surface area contributed by atoms with Crippen LogP contribution in [0.4, 0.5) is 11.4 Å². The molecule has 0 saturated carbocycles. The van der Waals surface area contributed by atoms with E-state index in [9.17, 15) is 4.79 Å². The second-order valence-corrected chi connectivity index (χ2v) is 6.47. The summed E-state index contributed by atoms with van der Waals surface area (Å²) in [6, 6.07) is 7.98. The van der Waals surface area contributed by atoms with Gasteiger partial charge >= 0.3 is 0 Å². The molecule has 0 aliphatic carbocycles. The number of aromatic nitrogens is 4. The predicted molar refractivity (Wildman–Crippen MR) is 89.1 cm³/mol. The van der Waals surface area contributed by atoms with Gasteiger partial charge in [-0.1, -0.05) is 11.3 Å². The lowest BCUT2D eigenvalue weighted by Gasteiger charge is -2.28. The summed E-state index contributed by atoms with van der Waals surface area (Å²) in [5.74, 6) is -0.230. The Labute approximate surface area is 136 Å². The van der Waals surface area contributed by atoms with Crippen molar-refractivity contribution in [2.75, 3.05) is 23.3 Å².